The average molecular weight is 125 g/mol. The maximum Gasteiger partial charge on any atom is 0.0203 e. The van der Waals surface area contributed by atoms with E-state index in [4.69, 9.17) is 0 Å². The molecule has 0 unspecified atom stereocenters. The average Bonchev–Trinajstić information content (AvgIpc) is 1.54. The molecule has 1 aliphatic carbocycles. The second-order valence-corrected chi connectivity index (χ2v) is 4.47. The molecule has 2 rings (SSSR count). The van der Waals surface area contributed by atoms with Crippen molar-refractivity contribution in [2.24, 2.45) is 5.41 Å². The van der Waals surface area contributed by atoms with Crippen LogP contribution in [0, 0.1) is 5.41 Å². The van der Waals surface area contributed by atoms with E-state index in [1.165, 1.54) is 25.8 Å². The first-order valence-electron chi connectivity index (χ1n) is 3.87. The number of rotatable bonds is 0. The lowest BCUT2D eigenvalue weighted by Gasteiger charge is -2.59. The van der Waals surface area contributed by atoms with Gasteiger partial charge in [0.15, 0.2) is 0 Å². The smallest absolute Gasteiger partial charge is 0.0203 e. The monoisotopic (exact) mass is 125 g/mol. The first-order chi connectivity index (χ1) is 4.12. The Morgan fingerprint density at radius 3 is 1.89 bits per heavy atom. The van der Waals surface area contributed by atoms with Gasteiger partial charge < -0.3 is 5.32 Å². The first kappa shape index (κ1) is 5.72. The molecule has 9 heavy (non-hydrogen) atoms. The summed E-state index contributed by atoms with van der Waals surface area (Å²) in [6.07, 6.45) is 4.23. The highest BCUT2D eigenvalue weighted by atomic mass is 15.1. The van der Waals surface area contributed by atoms with Crippen molar-refractivity contribution in [2.45, 2.75) is 38.6 Å². The Balaban J connectivity index is 1.96. The zero-order chi connectivity index (χ0) is 6.54. The summed E-state index contributed by atoms with van der Waals surface area (Å²) in [5, 5.41) is 3.51. The minimum absolute atomic E-state index is 0.628. The molecule has 1 nitrogen and oxygen atoms in total. The van der Waals surface area contributed by atoms with Crippen LogP contribution in [0.1, 0.15) is 33.1 Å². The van der Waals surface area contributed by atoms with Crippen LogP contribution >= 0.6 is 0 Å². The number of hydrogen-bond donors (Lipinski definition) is 1. The molecule has 0 bridgehead atoms. The van der Waals surface area contributed by atoms with E-state index in [1.807, 2.05) is 0 Å². The van der Waals surface area contributed by atoms with Crippen LogP contribution in [0.5, 0.6) is 0 Å². The Labute approximate surface area is 56.8 Å². The van der Waals surface area contributed by atoms with Crippen LogP contribution in [0.3, 0.4) is 0 Å². The molecule has 1 heteroatoms. The van der Waals surface area contributed by atoms with Crippen molar-refractivity contribution in [3.63, 3.8) is 0 Å². The number of nitrogens with one attached hydrogen (secondary N) is 1. The largest absolute Gasteiger partial charge is 0.311 e. The van der Waals surface area contributed by atoms with E-state index in [9.17, 15) is 0 Å². The van der Waals surface area contributed by atoms with Gasteiger partial charge in [-0.3, -0.25) is 0 Å². The van der Waals surface area contributed by atoms with Crippen LogP contribution in [0.4, 0.5) is 0 Å². The minimum Gasteiger partial charge on any atom is -0.311 e. The molecule has 1 saturated carbocycles. The molecule has 1 aliphatic heterocycles. The summed E-state index contributed by atoms with van der Waals surface area (Å²) in [7, 11) is 0. The van der Waals surface area contributed by atoms with Crippen LogP contribution < -0.4 is 5.32 Å². The topological polar surface area (TPSA) is 12.0 Å². The standard InChI is InChI=1S/C8H15N/c1-7(2)5-8(6-7)3-4-9-8/h9H,3-6H2,1-2H3. The third kappa shape index (κ3) is 0.710. The summed E-state index contributed by atoms with van der Waals surface area (Å²) in [6.45, 7) is 5.98. The Morgan fingerprint density at radius 1 is 1.22 bits per heavy atom. The summed E-state index contributed by atoms with van der Waals surface area (Å²) in [5.74, 6) is 0. The van der Waals surface area contributed by atoms with Crippen LogP contribution in [-0.4, -0.2) is 12.1 Å². The molecule has 1 spiro atoms. The van der Waals surface area contributed by atoms with Gasteiger partial charge in [-0.05, 0) is 31.2 Å². The summed E-state index contributed by atoms with van der Waals surface area (Å²) < 4.78 is 0. The summed E-state index contributed by atoms with van der Waals surface area (Å²) >= 11 is 0. The Morgan fingerprint density at radius 2 is 1.78 bits per heavy atom. The molecule has 0 aromatic carbocycles. The lowest BCUT2D eigenvalue weighted by Crippen LogP contribution is -2.66. The van der Waals surface area contributed by atoms with Gasteiger partial charge in [-0.25, -0.2) is 0 Å². The Hall–Kier alpha value is -0.0400. The molecule has 1 heterocycles. The predicted molar refractivity (Wildman–Crippen MR) is 38.4 cm³/mol. The molecule has 52 valence electrons. The van der Waals surface area contributed by atoms with Crippen LogP contribution in [0.2, 0.25) is 0 Å². The fourth-order valence-electron chi connectivity index (χ4n) is 2.56. The van der Waals surface area contributed by atoms with Gasteiger partial charge in [0, 0.05) is 5.54 Å². The van der Waals surface area contributed by atoms with Gasteiger partial charge in [0.25, 0.3) is 0 Å². The van der Waals surface area contributed by atoms with Crippen molar-refractivity contribution in [3.05, 3.63) is 0 Å². The molecular formula is C8H15N. The SMILES string of the molecule is CC1(C)CC2(CCN2)C1. The van der Waals surface area contributed by atoms with Gasteiger partial charge in [-0.2, -0.15) is 0 Å². The van der Waals surface area contributed by atoms with Gasteiger partial charge in [0.2, 0.25) is 0 Å². The number of hydrogen-bond acceptors (Lipinski definition) is 1. The second kappa shape index (κ2) is 1.34. The highest BCUT2D eigenvalue weighted by Crippen LogP contribution is 2.52. The van der Waals surface area contributed by atoms with Crippen molar-refractivity contribution in [2.75, 3.05) is 6.54 Å². The quantitative estimate of drug-likeness (QED) is 0.518. The molecule has 0 amide bonds. The second-order valence-electron chi connectivity index (χ2n) is 4.47. The summed E-state index contributed by atoms with van der Waals surface area (Å²) in [5.41, 5.74) is 1.27. The van der Waals surface area contributed by atoms with Gasteiger partial charge in [0.1, 0.15) is 0 Å². The lowest BCUT2D eigenvalue weighted by molar-refractivity contribution is -0.0174. The van der Waals surface area contributed by atoms with Gasteiger partial charge >= 0.3 is 0 Å². The van der Waals surface area contributed by atoms with Crippen molar-refractivity contribution < 1.29 is 0 Å². The van der Waals surface area contributed by atoms with Gasteiger partial charge in [0.05, 0.1) is 0 Å². The molecule has 0 radical (unpaired) electrons. The normalized spacial score (nSPS) is 35.3. The predicted octanol–water partition coefficient (Wildman–Crippen LogP) is 1.54. The van der Waals surface area contributed by atoms with Crippen LogP contribution in [-0.2, 0) is 0 Å². The van der Waals surface area contributed by atoms with Crippen molar-refractivity contribution in [1.82, 2.24) is 5.32 Å². The van der Waals surface area contributed by atoms with E-state index in [2.05, 4.69) is 19.2 Å². The van der Waals surface area contributed by atoms with Gasteiger partial charge in [-0.15, -0.1) is 0 Å². The molecule has 0 aromatic heterocycles. The first-order valence-corrected chi connectivity index (χ1v) is 3.87. The van der Waals surface area contributed by atoms with Crippen LogP contribution in [0.25, 0.3) is 0 Å². The molecular weight excluding hydrogens is 110 g/mol. The van der Waals surface area contributed by atoms with E-state index < -0.39 is 0 Å². The van der Waals surface area contributed by atoms with E-state index >= 15 is 0 Å². The Kier molecular flexibility index (Phi) is 0.852. The highest BCUT2D eigenvalue weighted by Gasteiger charge is 2.51. The van der Waals surface area contributed by atoms with Crippen LogP contribution in [0.15, 0.2) is 0 Å². The molecule has 0 aromatic rings. The van der Waals surface area contributed by atoms with E-state index in [0.29, 0.717) is 11.0 Å². The molecule has 2 aliphatic rings. The lowest BCUT2D eigenvalue weighted by atomic mass is 9.55. The summed E-state index contributed by atoms with van der Waals surface area (Å²) in [6, 6.07) is 0. The van der Waals surface area contributed by atoms with Crippen molar-refractivity contribution in [1.29, 1.82) is 0 Å². The molecule has 0 atom stereocenters. The van der Waals surface area contributed by atoms with Gasteiger partial charge in [-0.1, -0.05) is 13.8 Å². The van der Waals surface area contributed by atoms with Crippen molar-refractivity contribution in [3.8, 4) is 0 Å². The fourth-order valence-corrected chi connectivity index (χ4v) is 2.56. The third-order valence-corrected chi connectivity index (χ3v) is 2.74. The zero-order valence-corrected chi connectivity index (χ0v) is 6.33. The van der Waals surface area contributed by atoms with Crippen molar-refractivity contribution >= 4 is 0 Å². The Bertz CT molecular complexity index is 124. The minimum atomic E-state index is 0.628. The maximum absolute atomic E-state index is 3.51. The van der Waals surface area contributed by atoms with E-state index in [-0.39, 0.29) is 0 Å². The molecule has 1 saturated heterocycles. The van der Waals surface area contributed by atoms with E-state index in [0.717, 1.165) is 0 Å². The molecule has 2 fully saturated rings. The highest BCUT2D eigenvalue weighted by molar-refractivity contribution is 5.10. The maximum atomic E-state index is 3.51. The van der Waals surface area contributed by atoms with E-state index in [1.54, 1.807) is 0 Å². The zero-order valence-electron chi connectivity index (χ0n) is 6.33. The fraction of sp³-hybridized carbons (Fsp3) is 1.00. The third-order valence-electron chi connectivity index (χ3n) is 2.74. The summed E-state index contributed by atoms with van der Waals surface area (Å²) in [4.78, 5) is 0. The molecule has 1 N–H and O–H groups in total.